The van der Waals surface area contributed by atoms with Gasteiger partial charge in [0.1, 0.15) is 0 Å². The summed E-state index contributed by atoms with van der Waals surface area (Å²) < 4.78 is 0. The highest BCUT2D eigenvalue weighted by atomic mass is 16.4. The molecule has 1 amide bonds. The van der Waals surface area contributed by atoms with Gasteiger partial charge in [-0.05, 0) is 24.6 Å². The van der Waals surface area contributed by atoms with Crippen LogP contribution in [0.3, 0.4) is 0 Å². The van der Waals surface area contributed by atoms with Crippen LogP contribution in [0.4, 0.5) is 5.69 Å². The Hall–Kier alpha value is -2.63. The van der Waals surface area contributed by atoms with Crippen molar-refractivity contribution in [2.45, 2.75) is 6.92 Å². The van der Waals surface area contributed by atoms with E-state index < -0.39 is 17.8 Å². The Morgan fingerprint density at radius 2 is 1.83 bits per heavy atom. The van der Waals surface area contributed by atoms with Crippen LogP contribution in [0.15, 0.2) is 30.4 Å². The molecule has 0 saturated carbocycles. The van der Waals surface area contributed by atoms with Gasteiger partial charge in [-0.3, -0.25) is 4.79 Å². The minimum absolute atomic E-state index is 0.0399. The van der Waals surface area contributed by atoms with Gasteiger partial charge < -0.3 is 15.5 Å². The molecule has 0 fully saturated rings. The van der Waals surface area contributed by atoms with Crippen LogP contribution in [0.1, 0.15) is 15.9 Å². The van der Waals surface area contributed by atoms with Crippen molar-refractivity contribution in [2.24, 2.45) is 0 Å². The highest BCUT2D eigenvalue weighted by molar-refractivity contribution is 6.03. The molecule has 0 spiro atoms. The first kappa shape index (κ1) is 13.4. The number of hydrogen-bond donors (Lipinski definition) is 3. The number of nitrogens with one attached hydrogen (secondary N) is 1. The van der Waals surface area contributed by atoms with Crippen LogP contribution in [0.25, 0.3) is 0 Å². The number of anilines is 1. The summed E-state index contributed by atoms with van der Waals surface area (Å²) in [5.74, 6) is -2.98. The first-order chi connectivity index (χ1) is 8.40. The fourth-order valence-electron chi connectivity index (χ4n) is 1.21. The molecule has 94 valence electrons. The summed E-state index contributed by atoms with van der Waals surface area (Å²) in [4.78, 5) is 32.3. The predicted molar refractivity (Wildman–Crippen MR) is 63.5 cm³/mol. The van der Waals surface area contributed by atoms with E-state index in [4.69, 9.17) is 10.2 Å². The SMILES string of the molecule is Cc1ccc(C(=O)O)cc1NC(=O)/C=C/C(=O)O. The monoisotopic (exact) mass is 249 g/mol. The second-order valence-corrected chi connectivity index (χ2v) is 3.50. The lowest BCUT2D eigenvalue weighted by molar-refractivity contribution is -0.131. The van der Waals surface area contributed by atoms with Crippen LogP contribution in [0.2, 0.25) is 0 Å². The van der Waals surface area contributed by atoms with Gasteiger partial charge in [-0.25, -0.2) is 9.59 Å². The van der Waals surface area contributed by atoms with Crippen molar-refractivity contribution in [1.82, 2.24) is 0 Å². The van der Waals surface area contributed by atoms with E-state index in [0.29, 0.717) is 17.3 Å². The number of carbonyl (C=O) groups is 3. The summed E-state index contributed by atoms with van der Waals surface area (Å²) in [5, 5.41) is 19.6. The third kappa shape index (κ3) is 3.75. The van der Waals surface area contributed by atoms with Gasteiger partial charge in [-0.2, -0.15) is 0 Å². The lowest BCUT2D eigenvalue weighted by Gasteiger charge is -2.07. The summed E-state index contributed by atoms with van der Waals surface area (Å²) in [7, 11) is 0. The van der Waals surface area contributed by atoms with Gasteiger partial charge in [0.2, 0.25) is 5.91 Å². The third-order valence-electron chi connectivity index (χ3n) is 2.12. The fourth-order valence-corrected chi connectivity index (χ4v) is 1.21. The second-order valence-electron chi connectivity index (χ2n) is 3.50. The Kier molecular flexibility index (Phi) is 4.20. The standard InChI is InChI=1S/C12H11NO5/c1-7-2-3-8(12(17)18)6-9(7)13-10(14)4-5-11(15)16/h2-6H,1H3,(H,13,14)(H,15,16)(H,17,18)/b5-4+. The van der Waals surface area contributed by atoms with Gasteiger partial charge in [0, 0.05) is 17.8 Å². The highest BCUT2D eigenvalue weighted by Crippen LogP contribution is 2.16. The number of rotatable bonds is 4. The van der Waals surface area contributed by atoms with E-state index in [1.165, 1.54) is 12.1 Å². The van der Waals surface area contributed by atoms with Gasteiger partial charge in [0.15, 0.2) is 0 Å². The van der Waals surface area contributed by atoms with Crippen molar-refractivity contribution in [3.8, 4) is 0 Å². The molecule has 0 aliphatic heterocycles. The van der Waals surface area contributed by atoms with Crippen LogP contribution in [0.5, 0.6) is 0 Å². The predicted octanol–water partition coefficient (Wildman–Crippen LogP) is 1.27. The van der Waals surface area contributed by atoms with E-state index in [1.54, 1.807) is 13.0 Å². The molecule has 0 aromatic heterocycles. The average Bonchev–Trinajstić information content (AvgIpc) is 2.29. The van der Waals surface area contributed by atoms with Crippen molar-refractivity contribution >= 4 is 23.5 Å². The topological polar surface area (TPSA) is 104 Å². The maximum Gasteiger partial charge on any atom is 0.335 e. The molecule has 0 unspecified atom stereocenters. The molecule has 1 aromatic carbocycles. The number of carboxylic acid groups (broad SMARTS) is 2. The van der Waals surface area contributed by atoms with Gasteiger partial charge in [0.25, 0.3) is 0 Å². The Morgan fingerprint density at radius 3 is 2.39 bits per heavy atom. The lowest BCUT2D eigenvalue weighted by Crippen LogP contribution is -2.10. The highest BCUT2D eigenvalue weighted by Gasteiger charge is 2.07. The average molecular weight is 249 g/mol. The first-order valence-electron chi connectivity index (χ1n) is 4.96. The van der Waals surface area contributed by atoms with E-state index in [9.17, 15) is 14.4 Å². The zero-order valence-electron chi connectivity index (χ0n) is 9.51. The largest absolute Gasteiger partial charge is 0.478 e. The molecular formula is C12H11NO5. The minimum Gasteiger partial charge on any atom is -0.478 e. The number of aryl methyl sites for hydroxylation is 1. The third-order valence-corrected chi connectivity index (χ3v) is 2.12. The van der Waals surface area contributed by atoms with Crippen molar-refractivity contribution in [3.05, 3.63) is 41.5 Å². The Balaban J connectivity index is 2.90. The number of carbonyl (C=O) groups excluding carboxylic acids is 1. The Bertz CT molecular complexity index is 533. The van der Waals surface area contributed by atoms with Crippen molar-refractivity contribution in [2.75, 3.05) is 5.32 Å². The first-order valence-corrected chi connectivity index (χ1v) is 4.96. The summed E-state index contributed by atoms with van der Waals surface area (Å²) in [5.41, 5.74) is 1.05. The quantitative estimate of drug-likeness (QED) is 0.697. The molecule has 0 aliphatic rings. The number of aromatic carboxylic acids is 1. The number of amides is 1. The van der Waals surface area contributed by atoms with Gasteiger partial charge >= 0.3 is 11.9 Å². The molecular weight excluding hydrogens is 238 g/mol. The maximum atomic E-state index is 11.3. The molecule has 0 bridgehead atoms. The van der Waals surface area contributed by atoms with Crippen LogP contribution < -0.4 is 5.32 Å². The van der Waals surface area contributed by atoms with Crippen LogP contribution >= 0.6 is 0 Å². The second kappa shape index (κ2) is 5.62. The molecule has 0 heterocycles. The van der Waals surface area contributed by atoms with Gasteiger partial charge in [0.05, 0.1) is 5.56 Å². The number of carboxylic acids is 2. The molecule has 0 aliphatic carbocycles. The van der Waals surface area contributed by atoms with Crippen LogP contribution in [0, 0.1) is 6.92 Å². The van der Waals surface area contributed by atoms with Crippen LogP contribution in [-0.4, -0.2) is 28.1 Å². The summed E-state index contributed by atoms with van der Waals surface area (Å²) in [6.45, 7) is 1.70. The molecule has 1 aromatic rings. The molecule has 18 heavy (non-hydrogen) atoms. The van der Waals surface area contributed by atoms with Crippen molar-refractivity contribution in [1.29, 1.82) is 0 Å². The van der Waals surface area contributed by atoms with Crippen LogP contribution in [-0.2, 0) is 9.59 Å². The molecule has 0 radical (unpaired) electrons. The molecule has 3 N–H and O–H groups in total. The number of benzene rings is 1. The Morgan fingerprint density at radius 1 is 1.17 bits per heavy atom. The summed E-state index contributed by atoms with van der Waals surface area (Å²) >= 11 is 0. The normalized spacial score (nSPS) is 10.3. The zero-order chi connectivity index (χ0) is 13.7. The lowest BCUT2D eigenvalue weighted by atomic mass is 10.1. The molecule has 6 nitrogen and oxygen atoms in total. The van der Waals surface area contributed by atoms with Crippen molar-refractivity contribution < 1.29 is 24.6 Å². The Labute approximate surface area is 103 Å². The van der Waals surface area contributed by atoms with Gasteiger partial charge in [-0.15, -0.1) is 0 Å². The summed E-state index contributed by atoms with van der Waals surface area (Å²) in [6.07, 6.45) is 1.56. The number of hydrogen-bond acceptors (Lipinski definition) is 3. The molecule has 6 heteroatoms. The fraction of sp³-hybridized carbons (Fsp3) is 0.0833. The van der Waals surface area contributed by atoms with E-state index in [1.807, 2.05) is 0 Å². The maximum absolute atomic E-state index is 11.3. The zero-order valence-corrected chi connectivity index (χ0v) is 9.51. The van der Waals surface area contributed by atoms with Crippen molar-refractivity contribution in [3.63, 3.8) is 0 Å². The number of aliphatic carboxylic acids is 1. The van der Waals surface area contributed by atoms with E-state index in [2.05, 4.69) is 5.32 Å². The van der Waals surface area contributed by atoms with E-state index in [0.717, 1.165) is 6.08 Å². The minimum atomic E-state index is -1.24. The smallest absolute Gasteiger partial charge is 0.335 e. The molecule has 1 rings (SSSR count). The molecule has 0 saturated heterocycles. The van der Waals surface area contributed by atoms with E-state index >= 15 is 0 Å². The van der Waals surface area contributed by atoms with Gasteiger partial charge in [-0.1, -0.05) is 6.07 Å². The van der Waals surface area contributed by atoms with E-state index in [-0.39, 0.29) is 5.56 Å². The molecule has 0 atom stereocenters. The summed E-state index contributed by atoms with van der Waals surface area (Å²) in [6, 6.07) is 4.28.